The molecule has 0 spiro atoms. The normalized spacial score (nSPS) is 10.8. The Morgan fingerprint density at radius 1 is 1.32 bits per heavy atom. The molecule has 0 aliphatic rings. The fourth-order valence-corrected chi connectivity index (χ4v) is 2.88. The molecular weight excluding hydrogens is 362 g/mol. The molecule has 0 saturated heterocycles. The fraction of sp³-hybridized carbons (Fsp3) is 0.176. The van der Waals surface area contributed by atoms with Crippen LogP contribution in [0.15, 0.2) is 47.6 Å². The summed E-state index contributed by atoms with van der Waals surface area (Å²) >= 11 is 7.25. The first-order chi connectivity index (χ1) is 12.0. The lowest BCUT2D eigenvalue weighted by Gasteiger charge is -2.02. The number of hydrazone groups is 1. The minimum atomic E-state index is -0.474. The maximum absolute atomic E-state index is 11.7. The molecule has 0 fully saturated rings. The Morgan fingerprint density at radius 2 is 2.04 bits per heavy atom. The van der Waals surface area contributed by atoms with E-state index < -0.39 is 4.92 Å². The van der Waals surface area contributed by atoms with E-state index >= 15 is 0 Å². The van der Waals surface area contributed by atoms with Crippen molar-refractivity contribution >= 4 is 41.2 Å². The molecule has 0 atom stereocenters. The van der Waals surface area contributed by atoms with Crippen LogP contribution in [0, 0.1) is 17.0 Å². The van der Waals surface area contributed by atoms with Crippen molar-refractivity contribution in [2.45, 2.75) is 12.7 Å². The maximum Gasteiger partial charge on any atom is 0.278 e. The first-order valence-corrected chi connectivity index (χ1v) is 8.88. The second-order valence-electron chi connectivity index (χ2n) is 5.23. The first-order valence-electron chi connectivity index (χ1n) is 7.35. The van der Waals surface area contributed by atoms with Crippen molar-refractivity contribution in [2.75, 3.05) is 5.75 Å². The lowest BCUT2D eigenvalue weighted by atomic mass is 10.1. The van der Waals surface area contributed by atoms with Gasteiger partial charge in [0.15, 0.2) is 0 Å². The van der Waals surface area contributed by atoms with E-state index in [-0.39, 0.29) is 17.3 Å². The molecule has 0 aromatic heterocycles. The van der Waals surface area contributed by atoms with Crippen LogP contribution in [0.2, 0.25) is 5.02 Å². The Morgan fingerprint density at radius 3 is 2.72 bits per heavy atom. The number of halogens is 1. The number of nitrogens with one attached hydrogen (secondary N) is 1. The summed E-state index contributed by atoms with van der Waals surface area (Å²) in [5.41, 5.74) is 4.52. The molecule has 1 N–H and O–H groups in total. The molecule has 0 heterocycles. The Balaban J connectivity index is 1.82. The van der Waals surface area contributed by atoms with Crippen molar-refractivity contribution in [1.29, 1.82) is 0 Å². The highest BCUT2D eigenvalue weighted by atomic mass is 35.5. The molecule has 2 rings (SSSR count). The third-order valence-corrected chi connectivity index (χ3v) is 4.45. The maximum atomic E-state index is 11.7. The zero-order chi connectivity index (χ0) is 18.2. The number of carbonyl (C=O) groups is 1. The van der Waals surface area contributed by atoms with Crippen LogP contribution >= 0.6 is 23.4 Å². The van der Waals surface area contributed by atoms with Crippen LogP contribution in [-0.4, -0.2) is 22.8 Å². The van der Waals surface area contributed by atoms with Crippen LogP contribution in [-0.2, 0) is 10.5 Å². The van der Waals surface area contributed by atoms with Crippen LogP contribution in [0.3, 0.4) is 0 Å². The van der Waals surface area contributed by atoms with E-state index in [1.54, 1.807) is 31.2 Å². The molecule has 1 amide bonds. The van der Waals surface area contributed by atoms with Gasteiger partial charge in [0.2, 0.25) is 5.91 Å². The lowest BCUT2D eigenvalue weighted by molar-refractivity contribution is -0.385. The SMILES string of the molecule is Cc1ccc(/C=N\NC(=O)CSCc2ccc(Cl)cc2)c([N+](=O)[O-])c1. The molecular formula is C17H16ClN3O3S. The van der Waals surface area contributed by atoms with E-state index in [0.717, 1.165) is 11.1 Å². The summed E-state index contributed by atoms with van der Waals surface area (Å²) in [6.45, 7) is 1.77. The highest BCUT2D eigenvalue weighted by molar-refractivity contribution is 7.99. The second kappa shape index (κ2) is 9.19. The highest BCUT2D eigenvalue weighted by Gasteiger charge is 2.11. The number of amides is 1. The average Bonchev–Trinajstić information content (AvgIpc) is 2.58. The summed E-state index contributed by atoms with van der Waals surface area (Å²) in [6, 6.07) is 12.2. The number of thioether (sulfide) groups is 1. The third-order valence-electron chi connectivity index (χ3n) is 3.19. The number of rotatable bonds is 7. The number of nitrogens with zero attached hydrogens (tertiary/aromatic N) is 2. The Kier molecular flexibility index (Phi) is 6.97. The van der Waals surface area contributed by atoms with Crippen LogP contribution in [0.1, 0.15) is 16.7 Å². The van der Waals surface area contributed by atoms with Gasteiger partial charge < -0.3 is 0 Å². The van der Waals surface area contributed by atoms with Gasteiger partial charge in [0.25, 0.3) is 5.69 Å². The number of benzene rings is 2. The molecule has 2 aromatic carbocycles. The molecule has 0 aliphatic carbocycles. The predicted molar refractivity (Wildman–Crippen MR) is 101 cm³/mol. The number of nitro benzene ring substituents is 1. The van der Waals surface area contributed by atoms with Crippen LogP contribution in [0.4, 0.5) is 5.69 Å². The van der Waals surface area contributed by atoms with Crippen LogP contribution in [0.25, 0.3) is 0 Å². The van der Waals surface area contributed by atoms with Crippen molar-refractivity contribution in [3.63, 3.8) is 0 Å². The summed E-state index contributed by atoms with van der Waals surface area (Å²) < 4.78 is 0. The molecule has 130 valence electrons. The number of carbonyl (C=O) groups excluding carboxylic acids is 1. The summed E-state index contributed by atoms with van der Waals surface area (Å²) in [5, 5.41) is 15.5. The van der Waals surface area contributed by atoms with Gasteiger partial charge in [0, 0.05) is 16.8 Å². The Hall–Kier alpha value is -2.38. The zero-order valence-electron chi connectivity index (χ0n) is 13.4. The predicted octanol–water partition coefficient (Wildman–Crippen LogP) is 3.94. The minimum Gasteiger partial charge on any atom is -0.272 e. The lowest BCUT2D eigenvalue weighted by Crippen LogP contribution is -2.19. The van der Waals surface area contributed by atoms with Gasteiger partial charge in [0.05, 0.1) is 22.5 Å². The Labute approximate surface area is 154 Å². The van der Waals surface area contributed by atoms with Gasteiger partial charge >= 0.3 is 0 Å². The van der Waals surface area contributed by atoms with Gasteiger partial charge in [-0.2, -0.15) is 5.10 Å². The molecule has 2 aromatic rings. The molecule has 6 nitrogen and oxygen atoms in total. The Bertz CT molecular complexity index is 794. The third kappa shape index (κ3) is 6.21. The number of aryl methyl sites for hydroxylation is 1. The summed E-state index contributed by atoms with van der Waals surface area (Å²) in [6.07, 6.45) is 1.28. The van der Waals surface area contributed by atoms with Gasteiger partial charge in [-0.3, -0.25) is 14.9 Å². The molecule has 25 heavy (non-hydrogen) atoms. The largest absolute Gasteiger partial charge is 0.278 e. The molecule has 0 saturated carbocycles. The van der Waals surface area contributed by atoms with E-state index in [2.05, 4.69) is 10.5 Å². The summed E-state index contributed by atoms with van der Waals surface area (Å²) in [4.78, 5) is 22.3. The molecule has 0 bridgehead atoms. The van der Waals surface area contributed by atoms with Crippen LogP contribution in [0.5, 0.6) is 0 Å². The van der Waals surface area contributed by atoms with E-state index in [1.165, 1.54) is 24.0 Å². The molecule has 0 unspecified atom stereocenters. The second-order valence-corrected chi connectivity index (χ2v) is 6.65. The summed E-state index contributed by atoms with van der Waals surface area (Å²) in [5.74, 6) is 0.637. The van der Waals surface area contributed by atoms with Crippen molar-refractivity contribution in [1.82, 2.24) is 5.43 Å². The topological polar surface area (TPSA) is 84.6 Å². The van der Waals surface area contributed by atoms with Crippen molar-refractivity contribution in [2.24, 2.45) is 5.10 Å². The van der Waals surface area contributed by atoms with Crippen LogP contribution < -0.4 is 5.43 Å². The number of hydrogen-bond acceptors (Lipinski definition) is 5. The van der Waals surface area contributed by atoms with Gasteiger partial charge in [0.1, 0.15) is 0 Å². The van der Waals surface area contributed by atoms with Gasteiger partial charge in [-0.25, -0.2) is 5.43 Å². The van der Waals surface area contributed by atoms with Gasteiger partial charge in [-0.1, -0.05) is 29.8 Å². The highest BCUT2D eigenvalue weighted by Crippen LogP contribution is 2.18. The molecule has 0 aliphatic heterocycles. The van der Waals surface area contributed by atoms with Crippen molar-refractivity contribution in [3.05, 3.63) is 74.3 Å². The van der Waals surface area contributed by atoms with Gasteiger partial charge in [-0.15, -0.1) is 11.8 Å². The van der Waals surface area contributed by atoms with Crippen molar-refractivity contribution < 1.29 is 9.72 Å². The first kappa shape index (κ1) is 19.0. The minimum absolute atomic E-state index is 0.0462. The quantitative estimate of drug-likeness (QED) is 0.450. The fourth-order valence-electron chi connectivity index (χ4n) is 1.97. The monoisotopic (exact) mass is 377 g/mol. The molecule has 8 heteroatoms. The van der Waals surface area contributed by atoms with E-state index in [0.29, 0.717) is 16.3 Å². The zero-order valence-corrected chi connectivity index (χ0v) is 15.0. The smallest absolute Gasteiger partial charge is 0.272 e. The van der Waals surface area contributed by atoms with Gasteiger partial charge in [-0.05, 0) is 36.2 Å². The average molecular weight is 378 g/mol. The van der Waals surface area contributed by atoms with E-state index in [9.17, 15) is 14.9 Å². The summed E-state index contributed by atoms with van der Waals surface area (Å²) in [7, 11) is 0. The standard InChI is InChI=1S/C17H16ClN3O3S/c1-12-2-5-14(16(8-12)21(23)24)9-19-20-17(22)11-25-10-13-3-6-15(18)7-4-13/h2-9H,10-11H2,1H3,(H,20,22)/b19-9-. The number of hydrogen-bond donors (Lipinski definition) is 1. The van der Waals surface area contributed by atoms with Crippen molar-refractivity contribution in [3.8, 4) is 0 Å². The molecule has 0 radical (unpaired) electrons. The number of nitro groups is 1. The van der Waals surface area contributed by atoms with E-state index in [4.69, 9.17) is 11.6 Å². The van der Waals surface area contributed by atoms with E-state index in [1.807, 2.05) is 12.1 Å².